The smallest absolute Gasteiger partial charge is 0.289 e. The summed E-state index contributed by atoms with van der Waals surface area (Å²) in [6, 6.07) is 3.47. The molecule has 0 spiro atoms. The summed E-state index contributed by atoms with van der Waals surface area (Å²) in [7, 11) is 0. The lowest BCUT2D eigenvalue weighted by atomic mass is 9.99. The Kier molecular flexibility index (Phi) is 10.1. The van der Waals surface area contributed by atoms with Gasteiger partial charge in [0.05, 0.1) is 12.8 Å². The van der Waals surface area contributed by atoms with Gasteiger partial charge in [-0.1, -0.05) is 6.92 Å². The fourth-order valence-electron chi connectivity index (χ4n) is 3.72. The third kappa shape index (κ3) is 6.52. The van der Waals surface area contributed by atoms with Crippen molar-refractivity contribution in [2.45, 2.75) is 31.4 Å². The number of thioether (sulfide) groups is 1. The highest BCUT2D eigenvalue weighted by Gasteiger charge is 2.33. The van der Waals surface area contributed by atoms with Gasteiger partial charge in [0.1, 0.15) is 0 Å². The van der Waals surface area contributed by atoms with Crippen LogP contribution in [0.5, 0.6) is 0 Å². The van der Waals surface area contributed by atoms with Gasteiger partial charge in [0, 0.05) is 50.7 Å². The number of guanidine groups is 1. The molecule has 0 saturated carbocycles. The number of piperazine rings is 1. The van der Waals surface area contributed by atoms with Crippen molar-refractivity contribution in [2.24, 2.45) is 4.99 Å². The Hall–Kier alpha value is -0.940. The van der Waals surface area contributed by atoms with E-state index in [1.54, 1.807) is 18.4 Å². The van der Waals surface area contributed by atoms with Crippen LogP contribution in [0.3, 0.4) is 0 Å². The number of hydrogen-bond donors (Lipinski definition) is 1. The summed E-state index contributed by atoms with van der Waals surface area (Å²) in [5.74, 6) is 2.42. The SMILES string of the molecule is CCNC(=NCC1(SCC)CCOCC1)N1CCN(C(=O)c2ccco2)CC1.I. The lowest BCUT2D eigenvalue weighted by Crippen LogP contribution is -2.54. The molecule has 2 saturated heterocycles. The van der Waals surface area contributed by atoms with Gasteiger partial charge in [0.15, 0.2) is 11.7 Å². The molecule has 0 radical (unpaired) electrons. The highest BCUT2D eigenvalue weighted by atomic mass is 127. The number of carbonyl (C=O) groups is 1. The van der Waals surface area contributed by atoms with Crippen LogP contribution >= 0.6 is 35.7 Å². The molecule has 29 heavy (non-hydrogen) atoms. The number of amides is 1. The van der Waals surface area contributed by atoms with E-state index in [0.29, 0.717) is 18.8 Å². The lowest BCUT2D eigenvalue weighted by molar-refractivity contribution is 0.0657. The van der Waals surface area contributed by atoms with Crippen LogP contribution in [0.4, 0.5) is 0 Å². The Morgan fingerprint density at radius 1 is 1.21 bits per heavy atom. The van der Waals surface area contributed by atoms with E-state index in [9.17, 15) is 4.79 Å². The van der Waals surface area contributed by atoms with Crippen LogP contribution in [0.25, 0.3) is 0 Å². The van der Waals surface area contributed by atoms with E-state index in [1.807, 2.05) is 16.7 Å². The second kappa shape index (κ2) is 12.0. The quantitative estimate of drug-likeness (QED) is 0.343. The van der Waals surface area contributed by atoms with Crippen molar-refractivity contribution in [3.8, 4) is 0 Å². The fourth-order valence-corrected chi connectivity index (χ4v) is 4.94. The second-order valence-corrected chi connectivity index (χ2v) is 8.89. The summed E-state index contributed by atoms with van der Waals surface area (Å²) in [6.45, 7) is 10.5. The van der Waals surface area contributed by atoms with E-state index in [1.165, 1.54) is 0 Å². The fraction of sp³-hybridized carbons (Fsp3) is 0.700. The molecule has 0 aromatic carbocycles. The van der Waals surface area contributed by atoms with E-state index in [4.69, 9.17) is 14.1 Å². The van der Waals surface area contributed by atoms with E-state index < -0.39 is 0 Å². The molecule has 164 valence electrons. The minimum atomic E-state index is -0.0351. The van der Waals surface area contributed by atoms with E-state index in [-0.39, 0.29) is 34.6 Å². The summed E-state index contributed by atoms with van der Waals surface area (Å²) in [4.78, 5) is 21.6. The average molecular weight is 536 g/mol. The predicted octanol–water partition coefficient (Wildman–Crippen LogP) is 2.92. The molecule has 0 aliphatic carbocycles. The van der Waals surface area contributed by atoms with Crippen molar-refractivity contribution in [3.05, 3.63) is 24.2 Å². The molecule has 1 amide bonds. The number of nitrogens with one attached hydrogen (secondary N) is 1. The molecule has 9 heteroatoms. The first kappa shape index (κ1) is 24.3. The van der Waals surface area contributed by atoms with Crippen LogP contribution in [0.2, 0.25) is 0 Å². The number of ether oxygens (including phenoxy) is 1. The Morgan fingerprint density at radius 3 is 2.48 bits per heavy atom. The van der Waals surface area contributed by atoms with Gasteiger partial charge in [-0.15, -0.1) is 24.0 Å². The first-order valence-corrected chi connectivity index (χ1v) is 11.2. The number of aliphatic imine (C=N–C) groups is 1. The lowest BCUT2D eigenvalue weighted by Gasteiger charge is -2.38. The summed E-state index contributed by atoms with van der Waals surface area (Å²) >= 11 is 2.01. The van der Waals surface area contributed by atoms with Crippen molar-refractivity contribution < 1.29 is 13.9 Å². The Bertz CT molecular complexity index is 637. The van der Waals surface area contributed by atoms with Crippen LogP contribution in [-0.2, 0) is 4.74 Å². The molecule has 2 fully saturated rings. The molecular formula is C20H33IN4O3S. The zero-order valence-electron chi connectivity index (χ0n) is 17.4. The van der Waals surface area contributed by atoms with E-state index >= 15 is 0 Å². The summed E-state index contributed by atoms with van der Waals surface area (Å²) in [5.41, 5.74) is 0. The number of carbonyl (C=O) groups excluding carboxylic acids is 1. The summed E-state index contributed by atoms with van der Waals surface area (Å²) < 4.78 is 11.0. The van der Waals surface area contributed by atoms with Gasteiger partial charge in [-0.05, 0) is 37.7 Å². The summed E-state index contributed by atoms with van der Waals surface area (Å²) in [5, 5.41) is 3.44. The van der Waals surface area contributed by atoms with Crippen LogP contribution in [-0.4, -0.2) is 84.6 Å². The molecule has 2 aliphatic heterocycles. The molecule has 1 aromatic heterocycles. The molecule has 7 nitrogen and oxygen atoms in total. The van der Waals surface area contributed by atoms with Crippen molar-refractivity contribution in [1.82, 2.24) is 15.1 Å². The number of nitrogens with zero attached hydrogens (tertiary/aromatic N) is 3. The van der Waals surface area contributed by atoms with Crippen molar-refractivity contribution in [2.75, 3.05) is 58.2 Å². The first-order chi connectivity index (χ1) is 13.7. The minimum absolute atomic E-state index is 0. The van der Waals surface area contributed by atoms with Gasteiger partial charge in [0.2, 0.25) is 0 Å². The van der Waals surface area contributed by atoms with E-state index in [2.05, 4.69) is 24.1 Å². The van der Waals surface area contributed by atoms with Gasteiger partial charge in [-0.25, -0.2) is 0 Å². The second-order valence-electron chi connectivity index (χ2n) is 7.16. The van der Waals surface area contributed by atoms with Crippen LogP contribution < -0.4 is 5.32 Å². The molecule has 0 atom stereocenters. The highest BCUT2D eigenvalue weighted by molar-refractivity contribution is 14.0. The largest absolute Gasteiger partial charge is 0.459 e. The van der Waals surface area contributed by atoms with E-state index in [0.717, 1.165) is 63.9 Å². The maximum Gasteiger partial charge on any atom is 0.289 e. The Morgan fingerprint density at radius 2 is 1.90 bits per heavy atom. The topological polar surface area (TPSA) is 70.3 Å². The van der Waals surface area contributed by atoms with Gasteiger partial charge in [-0.3, -0.25) is 9.79 Å². The zero-order valence-corrected chi connectivity index (χ0v) is 20.5. The van der Waals surface area contributed by atoms with Gasteiger partial charge < -0.3 is 24.3 Å². The molecule has 3 rings (SSSR count). The normalized spacial score (nSPS) is 19.6. The van der Waals surface area contributed by atoms with Crippen LogP contribution in [0, 0.1) is 0 Å². The summed E-state index contributed by atoms with van der Waals surface area (Å²) in [6.07, 6.45) is 3.65. The van der Waals surface area contributed by atoms with Gasteiger partial charge in [0.25, 0.3) is 5.91 Å². The molecule has 0 bridgehead atoms. The monoisotopic (exact) mass is 536 g/mol. The molecular weight excluding hydrogens is 503 g/mol. The maximum absolute atomic E-state index is 12.5. The number of halogens is 1. The molecule has 1 N–H and O–H groups in total. The molecule has 1 aromatic rings. The van der Waals surface area contributed by atoms with Crippen molar-refractivity contribution in [3.63, 3.8) is 0 Å². The third-order valence-corrected chi connectivity index (χ3v) is 6.74. The van der Waals surface area contributed by atoms with Crippen molar-refractivity contribution >= 4 is 47.6 Å². The van der Waals surface area contributed by atoms with Crippen LogP contribution in [0.15, 0.2) is 27.8 Å². The highest BCUT2D eigenvalue weighted by Crippen LogP contribution is 2.35. The number of hydrogen-bond acceptors (Lipinski definition) is 5. The molecule has 3 heterocycles. The number of furan rings is 1. The predicted molar refractivity (Wildman–Crippen MR) is 128 cm³/mol. The standard InChI is InChI=1S/C20H32N4O3S.HI/c1-3-21-19(22-16-20(28-4-2)7-14-26-15-8-20)24-11-9-23(10-12-24)18(25)17-6-5-13-27-17;/h5-6,13H,3-4,7-12,14-16H2,1-2H3,(H,21,22);1H. The number of rotatable bonds is 6. The maximum atomic E-state index is 12.5. The van der Waals surface area contributed by atoms with Crippen molar-refractivity contribution in [1.29, 1.82) is 0 Å². The Labute approximate surface area is 195 Å². The Balaban J connectivity index is 0.00000300. The molecule has 0 unspecified atom stereocenters. The zero-order chi connectivity index (χ0) is 19.8. The molecule has 2 aliphatic rings. The first-order valence-electron chi connectivity index (χ1n) is 10.2. The average Bonchev–Trinajstić information content (AvgIpc) is 3.27. The minimum Gasteiger partial charge on any atom is -0.459 e. The third-order valence-electron chi connectivity index (χ3n) is 5.30. The van der Waals surface area contributed by atoms with Crippen LogP contribution in [0.1, 0.15) is 37.2 Å². The van der Waals surface area contributed by atoms with Gasteiger partial charge in [-0.2, -0.15) is 11.8 Å². The van der Waals surface area contributed by atoms with Gasteiger partial charge >= 0.3 is 0 Å².